The summed E-state index contributed by atoms with van der Waals surface area (Å²) in [6.45, 7) is 1.80. The second-order valence-electron chi connectivity index (χ2n) is 3.76. The van der Waals surface area contributed by atoms with Gasteiger partial charge in [0.1, 0.15) is 5.56 Å². The molecule has 0 fully saturated rings. The summed E-state index contributed by atoms with van der Waals surface area (Å²) in [6.07, 6.45) is 2.88. The van der Waals surface area contributed by atoms with E-state index in [4.69, 9.17) is 0 Å². The van der Waals surface area contributed by atoms with Crippen molar-refractivity contribution in [1.82, 2.24) is 14.4 Å². The summed E-state index contributed by atoms with van der Waals surface area (Å²) in [6, 6.07) is 0. The van der Waals surface area contributed by atoms with Crippen molar-refractivity contribution >= 4 is 38.7 Å². The smallest absolute Gasteiger partial charge is 0.271 e. The van der Waals surface area contributed by atoms with E-state index in [1.54, 1.807) is 18.5 Å². The molecule has 0 saturated carbocycles. The molecule has 0 aromatic carbocycles. The quantitative estimate of drug-likeness (QED) is 0.781. The first kappa shape index (κ1) is 12.0. The number of fused-ring (bicyclic) bond motifs is 1. The minimum atomic E-state index is -0.493. The van der Waals surface area contributed by atoms with Gasteiger partial charge >= 0.3 is 0 Å². The summed E-state index contributed by atoms with van der Waals surface area (Å²) < 4.78 is 1.43. The summed E-state index contributed by atoms with van der Waals surface area (Å²) in [5.74, 6) is -0.493. The summed E-state index contributed by atoms with van der Waals surface area (Å²) in [7, 11) is 0. The number of aryl methyl sites for hydroxylation is 1. The maximum atomic E-state index is 12.2. The van der Waals surface area contributed by atoms with Crippen molar-refractivity contribution in [3.63, 3.8) is 0 Å². The second-order valence-corrected chi connectivity index (χ2v) is 5.49. The van der Waals surface area contributed by atoms with Gasteiger partial charge in [-0.15, -0.1) is 22.7 Å². The fourth-order valence-corrected chi connectivity index (χ4v) is 2.98. The molecule has 0 unspecified atom stereocenters. The second kappa shape index (κ2) is 4.56. The van der Waals surface area contributed by atoms with Crippen LogP contribution < -0.4 is 10.9 Å². The molecule has 0 radical (unpaired) electrons. The predicted molar refractivity (Wildman–Crippen MR) is 74.1 cm³/mol. The summed E-state index contributed by atoms with van der Waals surface area (Å²) >= 11 is 2.65. The average Bonchev–Trinajstić information content (AvgIpc) is 3.00. The number of hydrogen-bond acceptors (Lipinski definition) is 6. The number of carbonyl (C=O) groups is 1. The Bertz CT molecular complexity index is 804. The van der Waals surface area contributed by atoms with Crippen molar-refractivity contribution in [3.05, 3.63) is 44.8 Å². The highest BCUT2D eigenvalue weighted by Crippen LogP contribution is 2.13. The highest BCUT2D eigenvalue weighted by atomic mass is 32.1. The van der Waals surface area contributed by atoms with Crippen LogP contribution in [-0.4, -0.2) is 20.3 Å². The van der Waals surface area contributed by atoms with Gasteiger partial charge in [0.2, 0.25) is 0 Å². The standard InChI is InChI=1S/C11H8N4O2S2/c1-6-5-19-11-13-4-7(9(17)15(6)11)8(16)14-10-12-2-3-18-10/h2-5H,1H3,(H,12,14,16). The van der Waals surface area contributed by atoms with E-state index in [0.29, 0.717) is 10.1 Å². The molecule has 0 aliphatic rings. The van der Waals surface area contributed by atoms with E-state index in [2.05, 4.69) is 15.3 Å². The van der Waals surface area contributed by atoms with E-state index in [-0.39, 0.29) is 11.1 Å². The molecule has 0 aliphatic heterocycles. The molecular formula is C11H8N4O2S2. The van der Waals surface area contributed by atoms with Crippen LogP contribution in [0, 0.1) is 6.92 Å². The van der Waals surface area contributed by atoms with Crippen LogP contribution in [0.25, 0.3) is 4.96 Å². The molecule has 0 saturated heterocycles. The van der Waals surface area contributed by atoms with E-state index in [0.717, 1.165) is 5.69 Å². The number of hydrogen-bond donors (Lipinski definition) is 1. The molecule has 1 N–H and O–H groups in total. The van der Waals surface area contributed by atoms with Gasteiger partial charge in [-0.1, -0.05) is 0 Å². The van der Waals surface area contributed by atoms with Crippen LogP contribution in [0.3, 0.4) is 0 Å². The lowest BCUT2D eigenvalue weighted by atomic mass is 10.3. The Hall–Kier alpha value is -2.06. The van der Waals surface area contributed by atoms with Crippen molar-refractivity contribution in [2.24, 2.45) is 0 Å². The number of carbonyl (C=O) groups excluding carboxylic acids is 1. The first-order chi connectivity index (χ1) is 9.16. The van der Waals surface area contributed by atoms with Crippen molar-refractivity contribution in [2.45, 2.75) is 6.92 Å². The fraction of sp³-hybridized carbons (Fsp3) is 0.0909. The third kappa shape index (κ3) is 2.04. The van der Waals surface area contributed by atoms with Crippen LogP contribution in [0.15, 0.2) is 27.9 Å². The molecule has 3 rings (SSSR count). The lowest BCUT2D eigenvalue weighted by Crippen LogP contribution is -2.26. The minimum absolute atomic E-state index is 0.00852. The summed E-state index contributed by atoms with van der Waals surface area (Å²) in [4.78, 5) is 32.9. The molecule has 8 heteroatoms. The number of amides is 1. The number of aromatic nitrogens is 3. The van der Waals surface area contributed by atoms with Crippen LogP contribution >= 0.6 is 22.7 Å². The lowest BCUT2D eigenvalue weighted by Gasteiger charge is -2.02. The molecule has 0 aliphatic carbocycles. The topological polar surface area (TPSA) is 76.4 Å². The molecule has 3 aromatic rings. The van der Waals surface area contributed by atoms with Gasteiger partial charge in [0.25, 0.3) is 11.5 Å². The highest BCUT2D eigenvalue weighted by molar-refractivity contribution is 7.15. The van der Waals surface area contributed by atoms with Crippen molar-refractivity contribution in [1.29, 1.82) is 0 Å². The summed E-state index contributed by atoms with van der Waals surface area (Å²) in [5, 5.41) is 6.60. The number of anilines is 1. The normalized spacial score (nSPS) is 10.8. The lowest BCUT2D eigenvalue weighted by molar-refractivity contribution is 0.102. The highest BCUT2D eigenvalue weighted by Gasteiger charge is 2.15. The van der Waals surface area contributed by atoms with Crippen molar-refractivity contribution in [2.75, 3.05) is 5.32 Å². The molecule has 3 heterocycles. The van der Waals surface area contributed by atoms with Gasteiger partial charge in [-0.05, 0) is 6.92 Å². The largest absolute Gasteiger partial charge is 0.298 e. The molecule has 0 bridgehead atoms. The first-order valence-electron chi connectivity index (χ1n) is 5.33. The average molecular weight is 292 g/mol. The van der Waals surface area contributed by atoms with Gasteiger partial charge in [0.05, 0.1) is 0 Å². The van der Waals surface area contributed by atoms with E-state index >= 15 is 0 Å². The molecule has 96 valence electrons. The van der Waals surface area contributed by atoms with Crippen LogP contribution in [0.1, 0.15) is 16.1 Å². The number of thiazole rings is 2. The van der Waals surface area contributed by atoms with Crippen LogP contribution in [-0.2, 0) is 0 Å². The van der Waals surface area contributed by atoms with E-state index < -0.39 is 5.91 Å². The molecule has 1 amide bonds. The van der Waals surface area contributed by atoms with Gasteiger partial charge in [-0.25, -0.2) is 9.97 Å². The van der Waals surface area contributed by atoms with Crippen molar-refractivity contribution < 1.29 is 4.79 Å². The fourth-order valence-electron chi connectivity index (χ4n) is 1.63. The number of nitrogens with zero attached hydrogens (tertiary/aromatic N) is 3. The third-order valence-electron chi connectivity index (χ3n) is 2.51. The van der Waals surface area contributed by atoms with Gasteiger partial charge in [-0.3, -0.25) is 19.3 Å². The van der Waals surface area contributed by atoms with Gasteiger partial charge < -0.3 is 0 Å². The Morgan fingerprint density at radius 2 is 2.21 bits per heavy atom. The van der Waals surface area contributed by atoms with Crippen LogP contribution in [0.5, 0.6) is 0 Å². The Morgan fingerprint density at radius 3 is 2.95 bits per heavy atom. The minimum Gasteiger partial charge on any atom is -0.298 e. The molecule has 0 atom stereocenters. The Balaban J connectivity index is 2.05. The molecule has 6 nitrogen and oxygen atoms in total. The number of nitrogens with one attached hydrogen (secondary N) is 1. The van der Waals surface area contributed by atoms with Crippen LogP contribution in [0.2, 0.25) is 0 Å². The monoisotopic (exact) mass is 292 g/mol. The third-order valence-corrected chi connectivity index (χ3v) is 4.16. The predicted octanol–water partition coefficient (Wildman–Crippen LogP) is 1.77. The zero-order valence-corrected chi connectivity index (χ0v) is 11.4. The van der Waals surface area contributed by atoms with E-state index in [1.165, 1.54) is 33.3 Å². The molecule has 19 heavy (non-hydrogen) atoms. The van der Waals surface area contributed by atoms with Gasteiger partial charge in [-0.2, -0.15) is 0 Å². The maximum absolute atomic E-state index is 12.2. The van der Waals surface area contributed by atoms with Crippen molar-refractivity contribution in [3.8, 4) is 0 Å². The Labute approximate surface area is 115 Å². The van der Waals surface area contributed by atoms with Gasteiger partial charge in [0, 0.05) is 28.8 Å². The van der Waals surface area contributed by atoms with E-state index in [9.17, 15) is 9.59 Å². The van der Waals surface area contributed by atoms with Crippen LogP contribution in [0.4, 0.5) is 5.13 Å². The first-order valence-corrected chi connectivity index (χ1v) is 7.09. The zero-order valence-electron chi connectivity index (χ0n) is 9.78. The SMILES string of the molecule is Cc1csc2ncc(C(=O)Nc3nccs3)c(=O)n12. The molecule has 3 aromatic heterocycles. The number of rotatable bonds is 2. The maximum Gasteiger partial charge on any atom is 0.271 e. The Morgan fingerprint density at radius 1 is 1.37 bits per heavy atom. The zero-order chi connectivity index (χ0) is 13.4. The molecule has 0 spiro atoms. The molecular weight excluding hydrogens is 284 g/mol. The Kier molecular flexibility index (Phi) is 2.88. The summed E-state index contributed by atoms with van der Waals surface area (Å²) in [5.41, 5.74) is 0.411. The van der Waals surface area contributed by atoms with E-state index in [1.807, 2.05) is 5.38 Å². The van der Waals surface area contributed by atoms with Gasteiger partial charge in [0.15, 0.2) is 10.1 Å².